The van der Waals surface area contributed by atoms with Crippen LogP contribution in [-0.2, 0) is 19.4 Å². The minimum absolute atomic E-state index is 0.0118. The molecule has 1 amide bonds. The van der Waals surface area contributed by atoms with Crippen molar-refractivity contribution in [3.8, 4) is 0 Å². The summed E-state index contributed by atoms with van der Waals surface area (Å²) in [5.74, 6) is -1.31. The number of benzene rings is 1. The van der Waals surface area contributed by atoms with Crippen LogP contribution in [0.15, 0.2) is 12.1 Å². The van der Waals surface area contributed by atoms with E-state index >= 15 is 0 Å². The fourth-order valence-corrected chi connectivity index (χ4v) is 4.93. The van der Waals surface area contributed by atoms with E-state index < -0.39 is 34.4 Å². The summed E-state index contributed by atoms with van der Waals surface area (Å²) >= 11 is 11.7. The Morgan fingerprint density at radius 3 is 2.60 bits per heavy atom. The van der Waals surface area contributed by atoms with Crippen LogP contribution in [0.4, 0.5) is 5.69 Å². The number of carbonyl (C=O) groups excluding carboxylic acids is 2. The van der Waals surface area contributed by atoms with Crippen molar-refractivity contribution in [2.24, 2.45) is 0 Å². The molecule has 0 saturated carbocycles. The number of carbonyl (C=O) groups is 2. The summed E-state index contributed by atoms with van der Waals surface area (Å²) in [4.78, 5) is 25.8. The Morgan fingerprint density at radius 2 is 2.04 bits per heavy atom. The van der Waals surface area contributed by atoms with Gasteiger partial charge in [0.25, 0.3) is 5.91 Å². The predicted molar refractivity (Wildman–Crippen MR) is 95.6 cm³/mol. The molecule has 1 saturated heterocycles. The summed E-state index contributed by atoms with van der Waals surface area (Å²) in [6.45, 7) is 1.54. The van der Waals surface area contributed by atoms with Gasteiger partial charge >= 0.3 is 5.97 Å². The van der Waals surface area contributed by atoms with Gasteiger partial charge in [-0.2, -0.15) is 0 Å². The average molecular weight is 409 g/mol. The second-order valence-electron chi connectivity index (χ2n) is 5.66. The number of likely N-dealkylation sites (N-methyl/N-ethyl adjacent to an activating group) is 1. The summed E-state index contributed by atoms with van der Waals surface area (Å²) in [5, 5.41) is 0.320. The Morgan fingerprint density at radius 1 is 1.36 bits per heavy atom. The van der Waals surface area contributed by atoms with Gasteiger partial charge in [0.05, 0.1) is 27.8 Å². The Bertz CT molecular complexity index is 797. The number of rotatable bonds is 5. The molecular formula is C15H18Cl2N2O5S. The van der Waals surface area contributed by atoms with Crippen LogP contribution in [0, 0.1) is 0 Å². The number of amides is 1. The molecule has 7 nitrogen and oxygen atoms in total. The van der Waals surface area contributed by atoms with E-state index in [2.05, 4.69) is 0 Å². The number of hydrogen-bond acceptors (Lipinski definition) is 6. The van der Waals surface area contributed by atoms with Crippen LogP contribution >= 0.6 is 23.2 Å². The standard InChI is InChI=1S/C15H18Cl2N2O5S/c1-2-19(10-3-4-25(22,23)8-10)13(20)7-24-15(21)11-5-9(16)6-12(17)14(11)18/h5-6,10H,2-4,7-8,18H2,1H3. The number of ether oxygens (including phenoxy) is 1. The van der Waals surface area contributed by atoms with E-state index in [1.54, 1.807) is 6.92 Å². The molecule has 1 heterocycles. The molecular weight excluding hydrogens is 391 g/mol. The van der Waals surface area contributed by atoms with Gasteiger partial charge in [0.1, 0.15) is 0 Å². The van der Waals surface area contributed by atoms with Crippen LogP contribution in [0.25, 0.3) is 0 Å². The molecule has 0 aromatic heterocycles. The molecule has 0 spiro atoms. The average Bonchev–Trinajstić information content (AvgIpc) is 2.89. The first-order chi connectivity index (χ1) is 11.6. The molecule has 0 bridgehead atoms. The monoisotopic (exact) mass is 408 g/mol. The number of halogens is 2. The van der Waals surface area contributed by atoms with Gasteiger partial charge in [-0.15, -0.1) is 0 Å². The van der Waals surface area contributed by atoms with Gasteiger partial charge in [-0.25, -0.2) is 13.2 Å². The summed E-state index contributed by atoms with van der Waals surface area (Å²) in [6.07, 6.45) is 0.382. The Kier molecular flexibility index (Phi) is 6.18. The molecule has 0 radical (unpaired) electrons. The molecule has 10 heteroatoms. The first kappa shape index (κ1) is 19.8. The third-order valence-electron chi connectivity index (χ3n) is 3.95. The van der Waals surface area contributed by atoms with Crippen molar-refractivity contribution in [3.05, 3.63) is 27.7 Å². The lowest BCUT2D eigenvalue weighted by atomic mass is 10.2. The van der Waals surface area contributed by atoms with Crippen molar-refractivity contribution in [2.45, 2.75) is 19.4 Å². The van der Waals surface area contributed by atoms with E-state index in [0.717, 1.165) is 0 Å². The van der Waals surface area contributed by atoms with Gasteiger partial charge in [-0.05, 0) is 25.5 Å². The fourth-order valence-electron chi connectivity index (χ4n) is 2.70. The highest BCUT2D eigenvalue weighted by Gasteiger charge is 2.34. The lowest BCUT2D eigenvalue weighted by Gasteiger charge is -2.26. The third kappa shape index (κ3) is 4.77. The molecule has 2 rings (SSSR count). The molecule has 138 valence electrons. The molecule has 1 unspecified atom stereocenters. The van der Waals surface area contributed by atoms with Crippen LogP contribution in [0.3, 0.4) is 0 Å². The fraction of sp³-hybridized carbons (Fsp3) is 0.467. The number of nitrogens with two attached hydrogens (primary N) is 1. The van der Waals surface area contributed by atoms with Gasteiger partial charge in [0, 0.05) is 17.6 Å². The second-order valence-corrected chi connectivity index (χ2v) is 8.73. The predicted octanol–water partition coefficient (Wildman–Crippen LogP) is 1.77. The van der Waals surface area contributed by atoms with E-state index in [-0.39, 0.29) is 32.8 Å². The highest BCUT2D eigenvalue weighted by molar-refractivity contribution is 7.91. The largest absolute Gasteiger partial charge is 0.452 e. The van der Waals surface area contributed by atoms with Crippen molar-refractivity contribution in [1.82, 2.24) is 4.90 Å². The van der Waals surface area contributed by atoms with Gasteiger partial charge in [0.15, 0.2) is 16.4 Å². The van der Waals surface area contributed by atoms with Crippen LogP contribution in [-0.4, -0.2) is 55.9 Å². The zero-order chi connectivity index (χ0) is 18.8. The molecule has 1 aromatic carbocycles. The van der Waals surface area contributed by atoms with Gasteiger partial charge in [-0.1, -0.05) is 23.2 Å². The first-order valence-electron chi connectivity index (χ1n) is 7.56. The van der Waals surface area contributed by atoms with Crippen molar-refractivity contribution >= 4 is 50.6 Å². The number of nitrogens with zero attached hydrogens (tertiary/aromatic N) is 1. The van der Waals surface area contributed by atoms with E-state index in [4.69, 9.17) is 33.7 Å². The molecule has 0 aliphatic carbocycles. The van der Waals surface area contributed by atoms with Crippen LogP contribution < -0.4 is 5.73 Å². The Labute approximate surface area is 155 Å². The number of hydrogen-bond donors (Lipinski definition) is 1. The maximum absolute atomic E-state index is 12.3. The smallest absolute Gasteiger partial charge is 0.340 e. The minimum Gasteiger partial charge on any atom is -0.452 e. The zero-order valence-corrected chi connectivity index (χ0v) is 15.8. The molecule has 25 heavy (non-hydrogen) atoms. The molecule has 1 atom stereocenters. The number of sulfone groups is 1. The Hall–Kier alpha value is -1.51. The lowest BCUT2D eigenvalue weighted by Crippen LogP contribution is -2.43. The van der Waals surface area contributed by atoms with Crippen molar-refractivity contribution < 1.29 is 22.7 Å². The Balaban J connectivity index is 2.02. The summed E-state index contributed by atoms with van der Waals surface area (Å²) < 4.78 is 28.1. The van der Waals surface area contributed by atoms with Gasteiger partial charge in [0.2, 0.25) is 0 Å². The van der Waals surface area contributed by atoms with Crippen molar-refractivity contribution in [3.63, 3.8) is 0 Å². The number of esters is 1. The van der Waals surface area contributed by atoms with Crippen LogP contribution in [0.2, 0.25) is 10.0 Å². The molecule has 1 aliphatic heterocycles. The van der Waals surface area contributed by atoms with E-state index in [9.17, 15) is 18.0 Å². The quantitative estimate of drug-likeness (QED) is 0.587. The summed E-state index contributed by atoms with van der Waals surface area (Å²) in [6, 6.07) is 2.29. The molecule has 2 N–H and O–H groups in total. The van der Waals surface area contributed by atoms with E-state index in [0.29, 0.717) is 13.0 Å². The maximum atomic E-state index is 12.3. The topological polar surface area (TPSA) is 107 Å². The van der Waals surface area contributed by atoms with E-state index in [1.807, 2.05) is 0 Å². The van der Waals surface area contributed by atoms with Crippen molar-refractivity contribution in [2.75, 3.05) is 30.4 Å². The molecule has 1 aromatic rings. The van der Waals surface area contributed by atoms with Gasteiger partial charge in [-0.3, -0.25) is 4.79 Å². The highest BCUT2D eigenvalue weighted by Crippen LogP contribution is 2.28. The minimum atomic E-state index is -3.12. The van der Waals surface area contributed by atoms with Crippen molar-refractivity contribution in [1.29, 1.82) is 0 Å². The number of nitrogen functional groups attached to an aromatic ring is 1. The maximum Gasteiger partial charge on any atom is 0.340 e. The highest BCUT2D eigenvalue weighted by atomic mass is 35.5. The molecule has 1 aliphatic rings. The molecule has 1 fully saturated rings. The first-order valence-corrected chi connectivity index (χ1v) is 10.1. The zero-order valence-electron chi connectivity index (χ0n) is 13.5. The van der Waals surface area contributed by atoms with Gasteiger partial charge < -0.3 is 15.4 Å². The summed E-state index contributed by atoms with van der Waals surface area (Å²) in [7, 11) is -3.12. The third-order valence-corrected chi connectivity index (χ3v) is 6.23. The van der Waals surface area contributed by atoms with Crippen LogP contribution in [0.1, 0.15) is 23.7 Å². The SMILES string of the molecule is CCN(C(=O)COC(=O)c1cc(Cl)cc(Cl)c1N)C1CCS(=O)(=O)C1. The lowest BCUT2D eigenvalue weighted by molar-refractivity contribution is -0.136. The van der Waals surface area contributed by atoms with Crippen LogP contribution in [0.5, 0.6) is 0 Å². The second kappa shape index (κ2) is 7.80. The van der Waals surface area contributed by atoms with E-state index in [1.165, 1.54) is 17.0 Å². The number of anilines is 1. The summed E-state index contributed by atoms with van der Waals surface area (Å²) in [5.41, 5.74) is 5.70. The normalized spacial score (nSPS) is 18.8.